The van der Waals surface area contributed by atoms with Gasteiger partial charge in [-0.25, -0.2) is 4.79 Å². The van der Waals surface area contributed by atoms with E-state index in [-0.39, 0.29) is 11.3 Å². The Morgan fingerprint density at radius 3 is 1.95 bits per heavy atom. The molecule has 0 spiro atoms. The Morgan fingerprint density at radius 2 is 1.33 bits per heavy atom. The Hall–Kier alpha value is -2.94. The van der Waals surface area contributed by atoms with Crippen LogP contribution < -0.4 is 0 Å². The zero-order chi connectivity index (χ0) is 14.8. The first kappa shape index (κ1) is 13.1. The van der Waals surface area contributed by atoms with E-state index in [1.54, 1.807) is 42.5 Å². The topological polar surface area (TPSA) is 54.4 Å². The summed E-state index contributed by atoms with van der Waals surface area (Å²) in [5, 5.41) is 10.6. The van der Waals surface area contributed by atoms with Crippen molar-refractivity contribution in [2.45, 2.75) is 0 Å². The second-order valence-electron chi connectivity index (χ2n) is 4.71. The molecule has 0 unspecified atom stereocenters. The summed E-state index contributed by atoms with van der Waals surface area (Å²) in [5.74, 6) is -1.20. The zero-order valence-electron chi connectivity index (χ0n) is 11.1. The molecule has 0 radical (unpaired) electrons. The number of carbonyl (C=O) groups is 2. The fourth-order valence-electron chi connectivity index (χ4n) is 2.45. The van der Waals surface area contributed by atoms with Gasteiger partial charge in [0.05, 0.1) is 5.56 Å². The number of rotatable bonds is 3. The molecule has 0 atom stereocenters. The van der Waals surface area contributed by atoms with Gasteiger partial charge in [-0.3, -0.25) is 4.79 Å². The molecule has 3 heteroatoms. The normalized spacial score (nSPS) is 10.5. The van der Waals surface area contributed by atoms with Crippen molar-refractivity contribution in [2.75, 3.05) is 0 Å². The van der Waals surface area contributed by atoms with Crippen LogP contribution in [0.25, 0.3) is 10.8 Å². The molecule has 0 fully saturated rings. The number of carboxylic acids is 1. The first-order chi connectivity index (χ1) is 10.2. The van der Waals surface area contributed by atoms with Gasteiger partial charge in [-0.2, -0.15) is 0 Å². The van der Waals surface area contributed by atoms with Crippen LogP contribution >= 0.6 is 0 Å². The predicted octanol–water partition coefficient (Wildman–Crippen LogP) is 3.77. The lowest BCUT2D eigenvalue weighted by atomic mass is 9.94. The van der Waals surface area contributed by atoms with Crippen molar-refractivity contribution in [2.24, 2.45) is 0 Å². The van der Waals surface area contributed by atoms with E-state index in [9.17, 15) is 14.7 Å². The third kappa shape index (κ3) is 2.30. The number of hydrogen-bond donors (Lipinski definition) is 1. The van der Waals surface area contributed by atoms with E-state index in [4.69, 9.17) is 0 Å². The van der Waals surface area contributed by atoms with Crippen molar-refractivity contribution in [3.05, 3.63) is 83.4 Å². The zero-order valence-corrected chi connectivity index (χ0v) is 11.1. The number of benzene rings is 3. The highest BCUT2D eigenvalue weighted by atomic mass is 16.4. The number of fused-ring (bicyclic) bond motifs is 1. The minimum absolute atomic E-state index is 0.146. The largest absolute Gasteiger partial charge is 0.478 e. The summed E-state index contributed by atoms with van der Waals surface area (Å²) in [7, 11) is 0. The molecular formula is C18H12O3. The molecular weight excluding hydrogens is 264 g/mol. The van der Waals surface area contributed by atoms with Gasteiger partial charge in [-0.05, 0) is 11.5 Å². The minimum Gasteiger partial charge on any atom is -0.478 e. The molecule has 0 aliphatic rings. The molecule has 3 rings (SSSR count). The van der Waals surface area contributed by atoms with Gasteiger partial charge >= 0.3 is 5.97 Å². The van der Waals surface area contributed by atoms with Crippen LogP contribution in [-0.4, -0.2) is 16.9 Å². The maximum absolute atomic E-state index is 12.6. The van der Waals surface area contributed by atoms with Gasteiger partial charge in [0.1, 0.15) is 0 Å². The lowest BCUT2D eigenvalue weighted by Crippen LogP contribution is -2.06. The van der Waals surface area contributed by atoms with Crippen molar-refractivity contribution in [1.29, 1.82) is 0 Å². The second kappa shape index (κ2) is 5.21. The maximum Gasteiger partial charge on any atom is 0.336 e. The van der Waals surface area contributed by atoms with Crippen LogP contribution in [0.15, 0.2) is 66.7 Å². The number of carboxylic acid groups (broad SMARTS) is 1. The van der Waals surface area contributed by atoms with Crippen LogP contribution in [0.1, 0.15) is 26.3 Å². The van der Waals surface area contributed by atoms with Gasteiger partial charge in [-0.1, -0.05) is 60.7 Å². The smallest absolute Gasteiger partial charge is 0.336 e. The number of carbonyl (C=O) groups excluding carboxylic acids is 1. The van der Waals surface area contributed by atoms with Crippen molar-refractivity contribution >= 4 is 22.5 Å². The van der Waals surface area contributed by atoms with Gasteiger partial charge in [0, 0.05) is 16.5 Å². The summed E-state index contributed by atoms with van der Waals surface area (Å²) >= 11 is 0. The highest BCUT2D eigenvalue weighted by Crippen LogP contribution is 2.25. The van der Waals surface area contributed by atoms with Crippen molar-refractivity contribution in [3.8, 4) is 0 Å². The van der Waals surface area contributed by atoms with Crippen LogP contribution in [0.2, 0.25) is 0 Å². The van der Waals surface area contributed by atoms with Crippen molar-refractivity contribution in [1.82, 2.24) is 0 Å². The third-order valence-corrected chi connectivity index (χ3v) is 3.42. The summed E-state index contributed by atoms with van der Waals surface area (Å²) in [5.41, 5.74) is 1.11. The highest BCUT2D eigenvalue weighted by Gasteiger charge is 2.17. The van der Waals surface area contributed by atoms with E-state index in [1.165, 1.54) is 6.07 Å². The summed E-state index contributed by atoms with van der Waals surface area (Å²) in [4.78, 5) is 24.1. The first-order valence-corrected chi connectivity index (χ1v) is 6.53. The Labute approximate surface area is 121 Å². The minimum atomic E-state index is -1.03. The van der Waals surface area contributed by atoms with Gasteiger partial charge in [0.25, 0.3) is 0 Å². The molecule has 0 amide bonds. The van der Waals surface area contributed by atoms with Gasteiger partial charge in [0.15, 0.2) is 5.78 Å². The second-order valence-corrected chi connectivity index (χ2v) is 4.71. The quantitative estimate of drug-likeness (QED) is 0.741. The molecule has 0 bridgehead atoms. The van der Waals surface area contributed by atoms with E-state index >= 15 is 0 Å². The Bertz CT molecular complexity index is 830. The van der Waals surface area contributed by atoms with Crippen LogP contribution in [0.4, 0.5) is 0 Å². The van der Waals surface area contributed by atoms with E-state index in [2.05, 4.69) is 0 Å². The number of hydrogen-bond acceptors (Lipinski definition) is 2. The lowest BCUT2D eigenvalue weighted by Gasteiger charge is -2.08. The molecule has 102 valence electrons. The monoisotopic (exact) mass is 276 g/mol. The molecule has 1 N–H and O–H groups in total. The van der Waals surface area contributed by atoms with E-state index in [0.717, 1.165) is 5.39 Å². The lowest BCUT2D eigenvalue weighted by molar-refractivity contribution is 0.0699. The van der Waals surface area contributed by atoms with E-state index in [1.807, 2.05) is 18.2 Å². The predicted molar refractivity (Wildman–Crippen MR) is 80.8 cm³/mol. The van der Waals surface area contributed by atoms with Crippen LogP contribution in [0.5, 0.6) is 0 Å². The fourth-order valence-corrected chi connectivity index (χ4v) is 2.45. The van der Waals surface area contributed by atoms with E-state index < -0.39 is 5.97 Å². The molecule has 3 aromatic carbocycles. The SMILES string of the molecule is O=C(O)c1cccc2cccc(C(=O)c3ccccc3)c12. The van der Waals surface area contributed by atoms with Gasteiger partial charge in [-0.15, -0.1) is 0 Å². The first-order valence-electron chi connectivity index (χ1n) is 6.53. The third-order valence-electron chi connectivity index (χ3n) is 3.42. The standard InChI is InChI=1S/C18H12O3/c19-17(13-6-2-1-3-7-13)14-10-4-8-12-9-5-11-15(16(12)14)18(20)21/h1-11H,(H,20,21). The molecule has 0 saturated carbocycles. The number of ketones is 1. The Morgan fingerprint density at radius 1 is 0.714 bits per heavy atom. The van der Waals surface area contributed by atoms with Gasteiger partial charge < -0.3 is 5.11 Å². The summed E-state index contributed by atoms with van der Waals surface area (Å²) in [6.45, 7) is 0. The van der Waals surface area contributed by atoms with Crippen LogP contribution in [0, 0.1) is 0 Å². The Kier molecular flexibility index (Phi) is 3.24. The number of aromatic carboxylic acids is 1. The van der Waals surface area contributed by atoms with Crippen LogP contribution in [0.3, 0.4) is 0 Å². The van der Waals surface area contributed by atoms with Gasteiger partial charge in [0.2, 0.25) is 0 Å². The Balaban J connectivity index is 2.28. The summed E-state index contributed by atoms with van der Waals surface area (Å²) in [6, 6.07) is 19.1. The van der Waals surface area contributed by atoms with Crippen molar-refractivity contribution < 1.29 is 14.7 Å². The molecule has 3 aromatic rings. The molecule has 0 aliphatic heterocycles. The summed E-state index contributed by atoms with van der Waals surface area (Å²) < 4.78 is 0. The van der Waals surface area contributed by atoms with Crippen LogP contribution in [-0.2, 0) is 0 Å². The fraction of sp³-hybridized carbons (Fsp3) is 0. The van der Waals surface area contributed by atoms with E-state index in [0.29, 0.717) is 16.5 Å². The molecule has 0 aliphatic carbocycles. The molecule has 3 nitrogen and oxygen atoms in total. The average molecular weight is 276 g/mol. The molecule has 0 saturated heterocycles. The molecule has 0 heterocycles. The molecule has 0 aromatic heterocycles. The molecule has 21 heavy (non-hydrogen) atoms. The maximum atomic E-state index is 12.6. The highest BCUT2D eigenvalue weighted by molar-refractivity contribution is 6.20. The van der Waals surface area contributed by atoms with Crippen molar-refractivity contribution in [3.63, 3.8) is 0 Å². The average Bonchev–Trinajstić information content (AvgIpc) is 2.53. The summed E-state index contributed by atoms with van der Waals surface area (Å²) in [6.07, 6.45) is 0.